The average Bonchev–Trinajstić information content (AvgIpc) is 3.34. The molecular formula is C21H16BrClN2O4S2. The maximum atomic E-state index is 13.4. The summed E-state index contributed by atoms with van der Waals surface area (Å²) in [6.07, 6.45) is 1.57. The highest BCUT2D eigenvalue weighted by Crippen LogP contribution is 2.34. The Morgan fingerprint density at radius 1 is 1.45 bits per heavy atom. The number of aromatic hydroxyl groups is 1. The van der Waals surface area contributed by atoms with E-state index in [2.05, 4.69) is 20.9 Å². The molecule has 0 spiro atoms. The van der Waals surface area contributed by atoms with Crippen molar-refractivity contribution in [3.63, 3.8) is 0 Å². The molecule has 1 atom stereocenters. The minimum atomic E-state index is -0.628. The Labute approximate surface area is 198 Å². The van der Waals surface area contributed by atoms with Crippen LogP contribution in [0, 0.1) is 0 Å². The molecule has 0 radical (unpaired) electrons. The maximum Gasteiger partial charge on any atom is 0.338 e. The second kappa shape index (κ2) is 8.74. The summed E-state index contributed by atoms with van der Waals surface area (Å²) in [6, 6.07) is 6.37. The quantitative estimate of drug-likeness (QED) is 0.509. The topological polar surface area (TPSA) is 80.9 Å². The molecule has 2 aromatic heterocycles. The number of thiophene rings is 1. The molecule has 6 nitrogen and oxygen atoms in total. The van der Waals surface area contributed by atoms with Gasteiger partial charge in [-0.2, -0.15) is 0 Å². The lowest BCUT2D eigenvalue weighted by Crippen LogP contribution is -2.39. The third-order valence-electron chi connectivity index (χ3n) is 4.67. The van der Waals surface area contributed by atoms with E-state index in [0.717, 1.165) is 4.88 Å². The van der Waals surface area contributed by atoms with Gasteiger partial charge in [0.15, 0.2) is 4.80 Å². The highest BCUT2D eigenvalue weighted by atomic mass is 79.9. The molecule has 0 fully saturated rings. The Balaban J connectivity index is 1.97. The number of carbonyl (C=O) groups excluding carboxylic acids is 1. The summed E-state index contributed by atoms with van der Waals surface area (Å²) in [6.45, 7) is 3.70. The van der Waals surface area contributed by atoms with Crippen molar-refractivity contribution in [2.45, 2.75) is 19.9 Å². The van der Waals surface area contributed by atoms with Crippen LogP contribution in [0.1, 0.15) is 30.3 Å². The van der Waals surface area contributed by atoms with Crippen molar-refractivity contribution in [3.8, 4) is 5.75 Å². The Morgan fingerprint density at radius 3 is 2.90 bits per heavy atom. The van der Waals surface area contributed by atoms with Gasteiger partial charge in [0, 0.05) is 14.9 Å². The molecule has 160 valence electrons. The van der Waals surface area contributed by atoms with Crippen LogP contribution in [0.15, 0.2) is 55.2 Å². The van der Waals surface area contributed by atoms with Crippen molar-refractivity contribution in [1.29, 1.82) is 0 Å². The van der Waals surface area contributed by atoms with Crippen LogP contribution in [-0.4, -0.2) is 22.2 Å². The summed E-state index contributed by atoms with van der Waals surface area (Å²) < 4.78 is 7.80. The molecule has 1 aromatic carbocycles. The molecular weight excluding hydrogens is 524 g/mol. The zero-order valence-corrected chi connectivity index (χ0v) is 20.4. The van der Waals surface area contributed by atoms with Gasteiger partial charge in [-0.05, 0) is 43.5 Å². The number of carbonyl (C=O) groups is 1. The molecule has 1 aliphatic heterocycles. The van der Waals surface area contributed by atoms with Crippen molar-refractivity contribution in [2.75, 3.05) is 6.61 Å². The fraction of sp³-hybridized carbons (Fsp3) is 0.190. The lowest BCUT2D eigenvalue weighted by atomic mass is 10.0. The number of thiazole rings is 1. The number of rotatable bonds is 4. The summed E-state index contributed by atoms with van der Waals surface area (Å²) in [5, 5.41) is 12.4. The number of ether oxygens (including phenoxy) is 1. The molecule has 0 saturated carbocycles. The lowest BCUT2D eigenvalue weighted by molar-refractivity contribution is -0.139. The lowest BCUT2D eigenvalue weighted by Gasteiger charge is -2.23. The van der Waals surface area contributed by atoms with Gasteiger partial charge in [-0.1, -0.05) is 44.9 Å². The molecule has 0 saturated heterocycles. The van der Waals surface area contributed by atoms with Crippen LogP contribution in [0.5, 0.6) is 5.75 Å². The molecule has 0 aliphatic carbocycles. The normalized spacial score (nSPS) is 16.3. The van der Waals surface area contributed by atoms with E-state index in [9.17, 15) is 14.7 Å². The second-order valence-corrected chi connectivity index (χ2v) is 9.95. The monoisotopic (exact) mass is 538 g/mol. The Kier molecular flexibility index (Phi) is 6.20. The number of halogens is 2. The number of hydrogen-bond acceptors (Lipinski definition) is 7. The molecule has 0 amide bonds. The minimum absolute atomic E-state index is 0.117. The Hall–Kier alpha value is -2.20. The van der Waals surface area contributed by atoms with Crippen molar-refractivity contribution < 1.29 is 14.6 Å². The number of phenols is 1. The van der Waals surface area contributed by atoms with Gasteiger partial charge in [0.2, 0.25) is 0 Å². The average molecular weight is 540 g/mol. The maximum absolute atomic E-state index is 13.4. The van der Waals surface area contributed by atoms with Gasteiger partial charge >= 0.3 is 5.97 Å². The molecule has 1 aliphatic rings. The molecule has 0 unspecified atom stereocenters. The van der Waals surface area contributed by atoms with Crippen LogP contribution in [0.4, 0.5) is 0 Å². The largest absolute Gasteiger partial charge is 0.506 e. The number of fused-ring (bicyclic) bond motifs is 1. The molecule has 0 bridgehead atoms. The van der Waals surface area contributed by atoms with Crippen molar-refractivity contribution in [2.24, 2.45) is 4.99 Å². The van der Waals surface area contributed by atoms with Crippen molar-refractivity contribution in [3.05, 3.63) is 80.5 Å². The van der Waals surface area contributed by atoms with Crippen molar-refractivity contribution in [1.82, 2.24) is 4.57 Å². The number of aromatic nitrogens is 1. The molecule has 4 rings (SSSR count). The first kappa shape index (κ1) is 22.0. The van der Waals surface area contributed by atoms with Gasteiger partial charge in [0.25, 0.3) is 5.56 Å². The van der Waals surface area contributed by atoms with Gasteiger partial charge in [-0.3, -0.25) is 9.36 Å². The first-order chi connectivity index (χ1) is 14.8. The van der Waals surface area contributed by atoms with E-state index in [1.54, 1.807) is 32.1 Å². The second-order valence-electron chi connectivity index (χ2n) is 6.64. The van der Waals surface area contributed by atoms with Crippen LogP contribution in [-0.2, 0) is 9.53 Å². The predicted molar refractivity (Wildman–Crippen MR) is 126 cm³/mol. The predicted octanol–water partition coefficient (Wildman–Crippen LogP) is 3.98. The van der Waals surface area contributed by atoms with E-state index >= 15 is 0 Å². The summed E-state index contributed by atoms with van der Waals surface area (Å²) >= 11 is 12.0. The van der Waals surface area contributed by atoms with Crippen LogP contribution < -0.4 is 14.9 Å². The summed E-state index contributed by atoms with van der Waals surface area (Å²) in [5.41, 5.74) is 0.945. The highest BCUT2D eigenvalue weighted by Gasteiger charge is 2.33. The Morgan fingerprint density at radius 2 is 2.23 bits per heavy atom. The third kappa shape index (κ3) is 4.03. The molecule has 10 heteroatoms. The van der Waals surface area contributed by atoms with Gasteiger partial charge in [0.05, 0.1) is 27.4 Å². The van der Waals surface area contributed by atoms with Gasteiger partial charge < -0.3 is 9.84 Å². The summed E-state index contributed by atoms with van der Waals surface area (Å²) in [5.74, 6) is -0.609. The number of phenolic OH excluding ortho intramolecular Hbond substituents is 1. The molecule has 3 heterocycles. The number of benzene rings is 1. The fourth-order valence-corrected chi connectivity index (χ4v) is 6.04. The first-order valence-electron chi connectivity index (χ1n) is 9.23. The molecule has 31 heavy (non-hydrogen) atoms. The van der Waals surface area contributed by atoms with E-state index in [4.69, 9.17) is 16.3 Å². The van der Waals surface area contributed by atoms with E-state index in [1.807, 2.05) is 17.5 Å². The zero-order chi connectivity index (χ0) is 22.3. The van der Waals surface area contributed by atoms with Gasteiger partial charge in [-0.15, -0.1) is 11.3 Å². The number of nitrogens with zero attached hydrogens (tertiary/aromatic N) is 2. The minimum Gasteiger partial charge on any atom is -0.506 e. The van der Waals surface area contributed by atoms with Crippen molar-refractivity contribution >= 4 is 62.2 Å². The zero-order valence-electron chi connectivity index (χ0n) is 16.4. The molecule has 3 aromatic rings. The summed E-state index contributed by atoms with van der Waals surface area (Å²) in [4.78, 5) is 32.0. The Bertz CT molecular complexity index is 1390. The van der Waals surface area contributed by atoms with Crippen LogP contribution in [0.2, 0.25) is 5.02 Å². The van der Waals surface area contributed by atoms with E-state index in [1.165, 1.54) is 27.2 Å². The standard InChI is InChI=1S/C21H16BrClN2O4S2/c1-3-29-20(28)16-10(2)24-21-25(17(16)14-5-4-6-30-14)19(27)15(31-21)8-11-7-12(22)9-13(23)18(11)26/h4-9,17,26H,3H2,1-2H3/b15-8-/t17-/m1/s1. The third-order valence-corrected chi connectivity index (χ3v) is 7.33. The van der Waals surface area contributed by atoms with Crippen LogP contribution in [0.25, 0.3) is 6.08 Å². The van der Waals surface area contributed by atoms with E-state index in [-0.39, 0.29) is 22.9 Å². The highest BCUT2D eigenvalue weighted by molar-refractivity contribution is 9.10. The van der Waals surface area contributed by atoms with E-state index in [0.29, 0.717) is 30.6 Å². The number of hydrogen-bond donors (Lipinski definition) is 1. The van der Waals surface area contributed by atoms with Gasteiger partial charge in [0.1, 0.15) is 11.8 Å². The van der Waals surface area contributed by atoms with Crippen LogP contribution in [0.3, 0.4) is 0 Å². The number of allylic oxidation sites excluding steroid dienone is 1. The van der Waals surface area contributed by atoms with E-state index < -0.39 is 12.0 Å². The molecule has 1 N–H and O–H groups in total. The van der Waals surface area contributed by atoms with Gasteiger partial charge in [-0.25, -0.2) is 9.79 Å². The van der Waals surface area contributed by atoms with Crippen LogP contribution >= 0.6 is 50.2 Å². The smallest absolute Gasteiger partial charge is 0.338 e. The fourth-order valence-electron chi connectivity index (χ4n) is 3.34. The SMILES string of the molecule is CCOC(=O)C1=C(C)N=c2s/c(=C\c3cc(Br)cc(Cl)c3O)c(=O)n2[C@@H]1c1cccs1. The first-order valence-corrected chi connectivity index (χ1v) is 12.1. The number of esters is 1. The summed E-state index contributed by atoms with van der Waals surface area (Å²) in [7, 11) is 0.